The number of hydrogen-bond donors (Lipinski definition) is 2. The second-order valence-electron chi connectivity index (χ2n) is 5.59. The summed E-state index contributed by atoms with van der Waals surface area (Å²) in [5.41, 5.74) is 1.35. The summed E-state index contributed by atoms with van der Waals surface area (Å²) in [7, 11) is 0. The normalized spacial score (nSPS) is 21.2. The van der Waals surface area contributed by atoms with Crippen LogP contribution in [0, 0.1) is 5.92 Å². The van der Waals surface area contributed by atoms with E-state index in [9.17, 15) is 5.11 Å². The van der Waals surface area contributed by atoms with Gasteiger partial charge in [0.25, 0.3) is 0 Å². The molecule has 20 heavy (non-hydrogen) atoms. The van der Waals surface area contributed by atoms with Gasteiger partial charge in [-0.3, -0.25) is 0 Å². The number of aliphatic hydroxyl groups is 1. The molecule has 0 spiro atoms. The Hall–Kier alpha value is -0.420. The van der Waals surface area contributed by atoms with E-state index >= 15 is 0 Å². The van der Waals surface area contributed by atoms with Crippen molar-refractivity contribution in [3.8, 4) is 0 Å². The van der Waals surface area contributed by atoms with Gasteiger partial charge in [-0.1, -0.05) is 35.0 Å². The van der Waals surface area contributed by atoms with Crippen molar-refractivity contribution >= 4 is 15.9 Å². The first-order valence-electron chi connectivity index (χ1n) is 7.55. The lowest BCUT2D eigenvalue weighted by molar-refractivity contribution is 0.219. The van der Waals surface area contributed by atoms with E-state index in [0.717, 1.165) is 43.5 Å². The summed E-state index contributed by atoms with van der Waals surface area (Å²) >= 11 is 3.49. The van der Waals surface area contributed by atoms with Crippen molar-refractivity contribution < 1.29 is 5.11 Å². The van der Waals surface area contributed by atoms with E-state index in [-0.39, 0.29) is 0 Å². The van der Waals surface area contributed by atoms with E-state index in [4.69, 9.17) is 0 Å². The van der Waals surface area contributed by atoms with Crippen molar-refractivity contribution in [1.82, 2.24) is 10.2 Å². The smallest absolute Gasteiger partial charge is 0.0471 e. The first-order chi connectivity index (χ1) is 9.72. The summed E-state index contributed by atoms with van der Waals surface area (Å²) in [4.78, 5) is 2.48. The molecule has 4 heteroatoms. The van der Waals surface area contributed by atoms with Crippen molar-refractivity contribution in [3.63, 3.8) is 0 Å². The van der Waals surface area contributed by atoms with Crippen LogP contribution in [0.2, 0.25) is 0 Å². The molecule has 1 heterocycles. The molecule has 0 aromatic heterocycles. The number of benzene rings is 1. The number of rotatable bonds is 7. The van der Waals surface area contributed by atoms with Crippen molar-refractivity contribution in [2.75, 3.05) is 32.8 Å². The second kappa shape index (κ2) is 8.13. The molecule has 1 aliphatic heterocycles. The minimum absolute atomic E-state index is 0.333. The lowest BCUT2D eigenvalue weighted by Gasteiger charge is -2.22. The molecule has 0 aliphatic carbocycles. The molecular formula is C16H25BrN2O. The van der Waals surface area contributed by atoms with Crippen LogP contribution >= 0.6 is 15.9 Å². The zero-order chi connectivity index (χ0) is 14.4. The summed E-state index contributed by atoms with van der Waals surface area (Å²) < 4.78 is 1.13. The van der Waals surface area contributed by atoms with Gasteiger partial charge in [0.05, 0.1) is 0 Å². The average Bonchev–Trinajstić information content (AvgIpc) is 2.92. The molecule has 1 aliphatic rings. The minimum Gasteiger partial charge on any atom is -0.396 e. The summed E-state index contributed by atoms with van der Waals surface area (Å²) in [6, 6.07) is 9.02. The van der Waals surface area contributed by atoms with E-state index in [1.165, 1.54) is 5.56 Å². The maximum atomic E-state index is 9.21. The molecule has 3 nitrogen and oxygen atoms in total. The van der Waals surface area contributed by atoms with E-state index in [0.29, 0.717) is 18.6 Å². The Balaban J connectivity index is 1.88. The van der Waals surface area contributed by atoms with Gasteiger partial charge < -0.3 is 15.3 Å². The molecule has 1 fully saturated rings. The Morgan fingerprint density at radius 3 is 2.75 bits per heavy atom. The van der Waals surface area contributed by atoms with Crippen LogP contribution < -0.4 is 5.32 Å². The highest BCUT2D eigenvalue weighted by atomic mass is 79.9. The number of hydrogen-bond acceptors (Lipinski definition) is 3. The Morgan fingerprint density at radius 2 is 2.15 bits per heavy atom. The highest BCUT2D eigenvalue weighted by Crippen LogP contribution is 2.22. The predicted molar refractivity (Wildman–Crippen MR) is 86.8 cm³/mol. The summed E-state index contributed by atoms with van der Waals surface area (Å²) in [5.74, 6) is 0.486. The van der Waals surface area contributed by atoms with Gasteiger partial charge >= 0.3 is 0 Å². The molecule has 1 saturated heterocycles. The Kier molecular flexibility index (Phi) is 6.49. The zero-order valence-electron chi connectivity index (χ0n) is 12.2. The van der Waals surface area contributed by atoms with Crippen LogP contribution in [0.3, 0.4) is 0 Å². The third-order valence-electron chi connectivity index (χ3n) is 4.09. The third kappa shape index (κ3) is 4.55. The van der Waals surface area contributed by atoms with Gasteiger partial charge in [-0.15, -0.1) is 0 Å². The Bertz CT molecular complexity index is 396. The van der Waals surface area contributed by atoms with Gasteiger partial charge in [-0.05, 0) is 56.1 Å². The average molecular weight is 341 g/mol. The first kappa shape index (κ1) is 16.0. The summed E-state index contributed by atoms with van der Waals surface area (Å²) in [6.07, 6.45) is 2.26. The molecule has 2 unspecified atom stereocenters. The topological polar surface area (TPSA) is 35.5 Å². The SMILES string of the molecule is CCNC(CCN1CCC(CO)C1)c1ccc(Br)cc1. The maximum Gasteiger partial charge on any atom is 0.0471 e. The van der Waals surface area contributed by atoms with Crippen LogP contribution in [0.1, 0.15) is 31.4 Å². The predicted octanol–water partition coefficient (Wildman–Crippen LogP) is 2.80. The van der Waals surface area contributed by atoms with E-state index in [1.807, 2.05) is 0 Å². The molecular weight excluding hydrogens is 316 g/mol. The second-order valence-corrected chi connectivity index (χ2v) is 6.50. The van der Waals surface area contributed by atoms with Gasteiger partial charge in [0.15, 0.2) is 0 Å². The van der Waals surface area contributed by atoms with E-state index < -0.39 is 0 Å². The van der Waals surface area contributed by atoms with Crippen LogP contribution in [-0.4, -0.2) is 42.8 Å². The van der Waals surface area contributed by atoms with Crippen molar-refractivity contribution in [1.29, 1.82) is 0 Å². The first-order valence-corrected chi connectivity index (χ1v) is 8.34. The molecule has 112 valence electrons. The number of nitrogens with zero attached hydrogens (tertiary/aromatic N) is 1. The fraction of sp³-hybridized carbons (Fsp3) is 0.625. The maximum absolute atomic E-state index is 9.21. The van der Waals surface area contributed by atoms with Gasteiger partial charge in [-0.2, -0.15) is 0 Å². The van der Waals surface area contributed by atoms with Crippen LogP contribution in [0.4, 0.5) is 0 Å². The molecule has 1 aromatic carbocycles. The molecule has 2 atom stereocenters. The largest absolute Gasteiger partial charge is 0.396 e. The quantitative estimate of drug-likeness (QED) is 0.801. The number of nitrogens with one attached hydrogen (secondary N) is 1. The van der Waals surface area contributed by atoms with Gasteiger partial charge in [0.2, 0.25) is 0 Å². The standard InChI is InChI=1S/C16H25BrN2O/c1-2-18-16(14-3-5-15(17)6-4-14)8-10-19-9-7-13(11-19)12-20/h3-6,13,16,18,20H,2,7-12H2,1H3. The van der Waals surface area contributed by atoms with Crippen LogP contribution in [0.25, 0.3) is 0 Å². The summed E-state index contributed by atoms with van der Waals surface area (Å²) in [6.45, 7) is 6.76. The van der Waals surface area contributed by atoms with E-state index in [2.05, 4.69) is 57.3 Å². The fourth-order valence-corrected chi connectivity index (χ4v) is 3.17. The minimum atomic E-state index is 0.333. The van der Waals surface area contributed by atoms with Gasteiger partial charge in [0.1, 0.15) is 0 Å². The fourth-order valence-electron chi connectivity index (χ4n) is 2.90. The number of aliphatic hydroxyl groups excluding tert-OH is 1. The van der Waals surface area contributed by atoms with Crippen LogP contribution in [-0.2, 0) is 0 Å². The number of halogens is 1. The molecule has 0 bridgehead atoms. The molecule has 0 amide bonds. The lowest BCUT2D eigenvalue weighted by Crippen LogP contribution is -2.28. The zero-order valence-corrected chi connectivity index (χ0v) is 13.8. The number of likely N-dealkylation sites (tertiary alicyclic amines) is 1. The molecule has 0 saturated carbocycles. The van der Waals surface area contributed by atoms with Crippen molar-refractivity contribution in [2.45, 2.75) is 25.8 Å². The summed E-state index contributed by atoms with van der Waals surface area (Å²) in [5, 5.41) is 12.8. The molecule has 0 radical (unpaired) electrons. The Morgan fingerprint density at radius 1 is 1.40 bits per heavy atom. The monoisotopic (exact) mass is 340 g/mol. The third-order valence-corrected chi connectivity index (χ3v) is 4.61. The lowest BCUT2D eigenvalue weighted by atomic mass is 10.0. The van der Waals surface area contributed by atoms with Crippen molar-refractivity contribution in [2.24, 2.45) is 5.92 Å². The van der Waals surface area contributed by atoms with E-state index in [1.54, 1.807) is 0 Å². The van der Waals surface area contributed by atoms with Gasteiger partial charge in [-0.25, -0.2) is 0 Å². The highest BCUT2D eigenvalue weighted by Gasteiger charge is 2.22. The molecule has 1 aromatic rings. The van der Waals surface area contributed by atoms with Crippen molar-refractivity contribution in [3.05, 3.63) is 34.3 Å². The van der Waals surface area contributed by atoms with Gasteiger partial charge in [0, 0.05) is 23.7 Å². The molecule has 2 N–H and O–H groups in total. The highest BCUT2D eigenvalue weighted by molar-refractivity contribution is 9.10. The Labute approximate surface area is 130 Å². The van der Waals surface area contributed by atoms with Crippen LogP contribution in [0.5, 0.6) is 0 Å². The van der Waals surface area contributed by atoms with Crippen LogP contribution in [0.15, 0.2) is 28.7 Å². The molecule has 2 rings (SSSR count).